The topological polar surface area (TPSA) is 38.8 Å². The number of ether oxygens (including phenoxy) is 2. The smallest absolute Gasteiger partial charge is 0.414 e. The Morgan fingerprint density at radius 3 is 2.64 bits per heavy atom. The minimum atomic E-state index is -0.491. The fourth-order valence-electron chi connectivity index (χ4n) is 3.32. The van der Waals surface area contributed by atoms with Crippen LogP contribution in [-0.4, -0.2) is 31.5 Å². The zero-order chi connectivity index (χ0) is 16.0. The number of carbonyl (C=O) groups is 1. The Morgan fingerprint density at radius 2 is 2.00 bits per heavy atom. The number of halogens is 1. The maximum absolute atomic E-state index is 12.6. The van der Waals surface area contributed by atoms with Crippen molar-refractivity contribution in [2.45, 2.75) is 44.6 Å². The zero-order valence-electron chi connectivity index (χ0n) is 13.3. The minimum absolute atomic E-state index is 0.00515. The molecule has 1 saturated heterocycles. The van der Waals surface area contributed by atoms with E-state index in [0.29, 0.717) is 6.54 Å². The molecule has 0 N–H and O–H groups in total. The molecule has 3 rings (SSSR count). The van der Waals surface area contributed by atoms with Crippen LogP contribution in [0.1, 0.15) is 39.2 Å². The summed E-state index contributed by atoms with van der Waals surface area (Å²) in [6.45, 7) is 7.86. The average Bonchev–Trinajstić information content (AvgIpc) is 2.72. The Kier molecular flexibility index (Phi) is 3.98. The predicted molar refractivity (Wildman–Crippen MR) is 89.5 cm³/mol. The third kappa shape index (κ3) is 2.88. The molecule has 0 radical (unpaired) electrons. The van der Waals surface area contributed by atoms with Crippen LogP contribution in [0.4, 0.5) is 10.5 Å². The Morgan fingerprint density at radius 1 is 1.32 bits per heavy atom. The fourth-order valence-corrected chi connectivity index (χ4v) is 3.67. The van der Waals surface area contributed by atoms with Gasteiger partial charge in [0.25, 0.3) is 0 Å². The molecule has 0 saturated carbocycles. The van der Waals surface area contributed by atoms with Crippen molar-refractivity contribution in [1.82, 2.24) is 0 Å². The van der Waals surface area contributed by atoms with Gasteiger partial charge in [0, 0.05) is 29.6 Å². The summed E-state index contributed by atoms with van der Waals surface area (Å²) in [5.41, 5.74) is 1.72. The number of hydrogen-bond acceptors (Lipinski definition) is 3. The van der Waals surface area contributed by atoms with Gasteiger partial charge in [-0.15, -0.1) is 0 Å². The van der Waals surface area contributed by atoms with Gasteiger partial charge in [-0.3, -0.25) is 4.90 Å². The molecule has 4 nitrogen and oxygen atoms in total. The third-order valence-corrected chi connectivity index (χ3v) is 4.84. The first-order valence-corrected chi connectivity index (χ1v) is 8.48. The summed E-state index contributed by atoms with van der Waals surface area (Å²) in [7, 11) is 0. The molecule has 5 heteroatoms. The van der Waals surface area contributed by atoms with Gasteiger partial charge < -0.3 is 9.47 Å². The van der Waals surface area contributed by atoms with E-state index in [9.17, 15) is 4.79 Å². The standard InChI is InChI=1S/C17H22BrNO3/c1-16(2,3)22-15(20)19-11-17(6-8-21-9-7-17)13-5-4-12(18)10-14(13)19/h4-5,10H,6-9,11H2,1-3H3. The van der Waals surface area contributed by atoms with Crippen molar-refractivity contribution in [3.63, 3.8) is 0 Å². The highest BCUT2D eigenvalue weighted by molar-refractivity contribution is 9.10. The number of amides is 1. The first-order valence-electron chi connectivity index (χ1n) is 7.69. The van der Waals surface area contributed by atoms with E-state index in [1.807, 2.05) is 26.8 Å². The van der Waals surface area contributed by atoms with Crippen molar-refractivity contribution >= 4 is 27.7 Å². The van der Waals surface area contributed by atoms with Gasteiger partial charge in [-0.05, 0) is 51.3 Å². The van der Waals surface area contributed by atoms with Crippen LogP contribution < -0.4 is 4.90 Å². The van der Waals surface area contributed by atoms with Crippen LogP contribution in [0.25, 0.3) is 0 Å². The van der Waals surface area contributed by atoms with Crippen LogP contribution in [0.5, 0.6) is 0 Å². The second-order valence-corrected chi connectivity index (χ2v) is 8.04. The summed E-state index contributed by atoms with van der Waals surface area (Å²) in [6.07, 6.45) is 1.62. The van der Waals surface area contributed by atoms with Crippen molar-refractivity contribution in [2.75, 3.05) is 24.7 Å². The number of hydrogen-bond donors (Lipinski definition) is 0. The van der Waals surface area contributed by atoms with Crippen molar-refractivity contribution < 1.29 is 14.3 Å². The Labute approximate surface area is 139 Å². The molecule has 0 aliphatic carbocycles. The summed E-state index contributed by atoms with van der Waals surface area (Å²) >= 11 is 3.51. The van der Waals surface area contributed by atoms with E-state index in [1.165, 1.54) is 5.56 Å². The quantitative estimate of drug-likeness (QED) is 0.687. The summed E-state index contributed by atoms with van der Waals surface area (Å²) in [4.78, 5) is 14.4. The predicted octanol–water partition coefficient (Wildman–Crippen LogP) is 4.25. The highest BCUT2D eigenvalue weighted by atomic mass is 79.9. The SMILES string of the molecule is CC(C)(C)OC(=O)N1CC2(CCOCC2)c2ccc(Br)cc21. The number of benzene rings is 1. The lowest BCUT2D eigenvalue weighted by Gasteiger charge is -2.34. The van der Waals surface area contributed by atoms with Gasteiger partial charge in [0.2, 0.25) is 0 Å². The largest absolute Gasteiger partial charge is 0.443 e. The number of carbonyl (C=O) groups excluding carboxylic acids is 1. The molecule has 2 heterocycles. The molecule has 1 fully saturated rings. The second kappa shape index (κ2) is 5.53. The van der Waals surface area contributed by atoms with Crippen LogP contribution in [-0.2, 0) is 14.9 Å². The molecule has 2 aliphatic heterocycles. The van der Waals surface area contributed by atoms with Gasteiger partial charge in [-0.25, -0.2) is 4.79 Å². The third-order valence-electron chi connectivity index (χ3n) is 4.35. The van der Waals surface area contributed by atoms with Gasteiger partial charge in [0.15, 0.2) is 0 Å². The molecule has 1 aromatic rings. The van der Waals surface area contributed by atoms with Crippen LogP contribution in [0.15, 0.2) is 22.7 Å². The van der Waals surface area contributed by atoms with Gasteiger partial charge in [-0.2, -0.15) is 0 Å². The first kappa shape index (κ1) is 15.8. The first-order chi connectivity index (χ1) is 10.3. The zero-order valence-corrected chi connectivity index (χ0v) is 14.9. The molecule has 1 amide bonds. The lowest BCUT2D eigenvalue weighted by molar-refractivity contribution is 0.0473. The number of nitrogens with zero attached hydrogens (tertiary/aromatic N) is 1. The molecular formula is C17H22BrNO3. The molecule has 1 aromatic carbocycles. The number of anilines is 1. The summed E-state index contributed by atoms with van der Waals surface area (Å²) < 4.78 is 12.1. The van der Waals surface area contributed by atoms with Crippen LogP contribution >= 0.6 is 15.9 Å². The van der Waals surface area contributed by atoms with E-state index in [0.717, 1.165) is 36.2 Å². The maximum atomic E-state index is 12.6. The van der Waals surface area contributed by atoms with E-state index in [4.69, 9.17) is 9.47 Å². The van der Waals surface area contributed by atoms with Gasteiger partial charge in [0.05, 0.1) is 5.69 Å². The second-order valence-electron chi connectivity index (χ2n) is 7.12. The maximum Gasteiger partial charge on any atom is 0.414 e. The van der Waals surface area contributed by atoms with Gasteiger partial charge in [-0.1, -0.05) is 22.0 Å². The highest BCUT2D eigenvalue weighted by Crippen LogP contribution is 2.47. The lowest BCUT2D eigenvalue weighted by atomic mass is 9.76. The number of fused-ring (bicyclic) bond motifs is 2. The molecule has 0 bridgehead atoms. The lowest BCUT2D eigenvalue weighted by Crippen LogP contribution is -2.42. The Hall–Kier alpha value is -1.07. The molecule has 2 aliphatic rings. The van der Waals surface area contributed by atoms with Crippen molar-refractivity contribution in [3.8, 4) is 0 Å². The van der Waals surface area contributed by atoms with Crippen LogP contribution in [0.3, 0.4) is 0 Å². The van der Waals surface area contributed by atoms with E-state index < -0.39 is 5.60 Å². The monoisotopic (exact) mass is 367 g/mol. The van der Waals surface area contributed by atoms with Crippen molar-refractivity contribution in [2.24, 2.45) is 0 Å². The molecule has 0 aromatic heterocycles. The molecule has 0 atom stereocenters. The van der Waals surface area contributed by atoms with Crippen LogP contribution in [0.2, 0.25) is 0 Å². The minimum Gasteiger partial charge on any atom is -0.443 e. The molecule has 0 unspecified atom stereocenters. The van der Waals surface area contributed by atoms with Crippen LogP contribution in [0, 0.1) is 0 Å². The van der Waals surface area contributed by atoms with Crippen molar-refractivity contribution in [3.05, 3.63) is 28.2 Å². The summed E-state index contributed by atoms with van der Waals surface area (Å²) in [6, 6.07) is 6.20. The summed E-state index contributed by atoms with van der Waals surface area (Å²) in [5.74, 6) is 0. The molecule has 120 valence electrons. The van der Waals surface area contributed by atoms with E-state index in [1.54, 1.807) is 4.90 Å². The molecular weight excluding hydrogens is 346 g/mol. The van der Waals surface area contributed by atoms with E-state index in [-0.39, 0.29) is 11.5 Å². The molecule has 22 heavy (non-hydrogen) atoms. The Balaban J connectivity index is 1.97. The summed E-state index contributed by atoms with van der Waals surface area (Å²) in [5, 5.41) is 0. The van der Waals surface area contributed by atoms with E-state index in [2.05, 4.69) is 28.1 Å². The average molecular weight is 368 g/mol. The highest BCUT2D eigenvalue weighted by Gasteiger charge is 2.46. The number of rotatable bonds is 0. The van der Waals surface area contributed by atoms with Gasteiger partial charge in [0.1, 0.15) is 5.60 Å². The Bertz CT molecular complexity index is 588. The van der Waals surface area contributed by atoms with Gasteiger partial charge >= 0.3 is 6.09 Å². The molecule has 1 spiro atoms. The normalized spacial score (nSPS) is 20.1. The van der Waals surface area contributed by atoms with E-state index >= 15 is 0 Å². The van der Waals surface area contributed by atoms with Crippen molar-refractivity contribution in [1.29, 1.82) is 0 Å². The fraction of sp³-hybridized carbons (Fsp3) is 0.588.